The van der Waals surface area contributed by atoms with E-state index in [9.17, 15) is 4.79 Å². The van der Waals surface area contributed by atoms with Crippen LogP contribution in [0.15, 0.2) is 40.9 Å². The first-order valence-electron chi connectivity index (χ1n) is 4.77. The van der Waals surface area contributed by atoms with Crippen molar-refractivity contribution in [2.45, 2.75) is 0 Å². The van der Waals surface area contributed by atoms with Crippen LogP contribution in [-0.2, 0) is 0 Å². The number of aromatic nitrogens is 1. The van der Waals surface area contributed by atoms with Gasteiger partial charge in [0.25, 0.3) is 0 Å². The van der Waals surface area contributed by atoms with Crippen LogP contribution < -0.4 is 0 Å². The summed E-state index contributed by atoms with van der Waals surface area (Å²) >= 11 is 0. The number of carboxylic acids is 1. The van der Waals surface area contributed by atoms with E-state index in [2.05, 4.69) is 4.98 Å². The lowest BCUT2D eigenvalue weighted by molar-refractivity contribution is 0.0698. The maximum Gasteiger partial charge on any atom is 0.339 e. The molecule has 3 aromatic rings. The topological polar surface area (TPSA) is 63.3 Å². The van der Waals surface area contributed by atoms with Gasteiger partial charge in [0.2, 0.25) is 0 Å². The molecule has 78 valence electrons. The van der Waals surface area contributed by atoms with Crippen LogP contribution in [0.1, 0.15) is 10.4 Å². The van der Waals surface area contributed by atoms with Gasteiger partial charge < -0.3 is 9.52 Å². The summed E-state index contributed by atoms with van der Waals surface area (Å²) in [6, 6.07) is 8.80. The van der Waals surface area contributed by atoms with Crippen LogP contribution in [0.2, 0.25) is 0 Å². The largest absolute Gasteiger partial charge is 0.478 e. The van der Waals surface area contributed by atoms with Crippen molar-refractivity contribution in [3.05, 3.63) is 42.1 Å². The van der Waals surface area contributed by atoms with Crippen LogP contribution in [0.3, 0.4) is 0 Å². The number of pyridine rings is 1. The second-order valence-corrected chi connectivity index (χ2v) is 3.44. The van der Waals surface area contributed by atoms with Crippen LogP contribution in [0, 0.1) is 0 Å². The number of carboxylic acid groups (broad SMARTS) is 1. The van der Waals surface area contributed by atoms with Crippen molar-refractivity contribution in [1.82, 2.24) is 4.98 Å². The highest BCUT2D eigenvalue weighted by Crippen LogP contribution is 2.28. The van der Waals surface area contributed by atoms with E-state index in [1.54, 1.807) is 6.07 Å². The molecule has 2 heterocycles. The number of rotatable bonds is 1. The second-order valence-electron chi connectivity index (χ2n) is 3.44. The van der Waals surface area contributed by atoms with Crippen molar-refractivity contribution < 1.29 is 14.3 Å². The van der Waals surface area contributed by atoms with Crippen molar-refractivity contribution in [1.29, 1.82) is 0 Å². The van der Waals surface area contributed by atoms with E-state index in [1.165, 1.54) is 12.3 Å². The summed E-state index contributed by atoms with van der Waals surface area (Å²) in [7, 11) is 0. The minimum atomic E-state index is -1.01. The minimum absolute atomic E-state index is 0.140. The van der Waals surface area contributed by atoms with E-state index in [0.29, 0.717) is 16.7 Å². The average molecular weight is 213 g/mol. The van der Waals surface area contributed by atoms with Gasteiger partial charge in [-0.2, -0.15) is 0 Å². The Balaban J connectivity index is 2.54. The van der Waals surface area contributed by atoms with E-state index >= 15 is 0 Å². The Morgan fingerprint density at radius 3 is 2.88 bits per heavy atom. The fourth-order valence-corrected chi connectivity index (χ4v) is 1.77. The Morgan fingerprint density at radius 2 is 2.06 bits per heavy atom. The molecule has 1 aromatic carbocycles. The second kappa shape index (κ2) is 3.06. The molecular weight excluding hydrogens is 206 g/mol. The smallest absolute Gasteiger partial charge is 0.339 e. The standard InChI is InChI=1S/C12H7NO3/c14-12(15)8-5-6-13-10-7-3-1-2-4-9(7)16-11(8)10/h1-6H,(H,14,15). The third kappa shape index (κ3) is 1.10. The van der Waals surface area contributed by atoms with Crippen LogP contribution >= 0.6 is 0 Å². The van der Waals surface area contributed by atoms with Gasteiger partial charge in [-0.05, 0) is 18.2 Å². The van der Waals surface area contributed by atoms with Crippen molar-refractivity contribution in [3.63, 3.8) is 0 Å². The molecule has 0 amide bonds. The zero-order chi connectivity index (χ0) is 11.1. The van der Waals surface area contributed by atoms with Gasteiger partial charge >= 0.3 is 5.97 Å². The fraction of sp³-hybridized carbons (Fsp3) is 0. The first-order valence-corrected chi connectivity index (χ1v) is 4.77. The predicted molar refractivity (Wildman–Crippen MR) is 58.5 cm³/mol. The van der Waals surface area contributed by atoms with Crippen LogP contribution in [-0.4, -0.2) is 16.1 Å². The molecule has 0 aliphatic rings. The van der Waals surface area contributed by atoms with Gasteiger partial charge in [0.15, 0.2) is 5.58 Å². The Bertz CT molecular complexity index is 700. The molecule has 4 heteroatoms. The molecule has 2 aromatic heterocycles. The molecule has 0 radical (unpaired) electrons. The third-order valence-corrected chi connectivity index (χ3v) is 2.49. The van der Waals surface area contributed by atoms with Crippen LogP contribution in [0.5, 0.6) is 0 Å². The van der Waals surface area contributed by atoms with Crippen molar-refractivity contribution in [3.8, 4) is 0 Å². The zero-order valence-electron chi connectivity index (χ0n) is 8.18. The SMILES string of the molecule is O=C(O)c1ccnc2c1oc1ccccc12. The molecule has 0 saturated heterocycles. The Morgan fingerprint density at radius 1 is 1.25 bits per heavy atom. The normalized spacial score (nSPS) is 11.0. The highest BCUT2D eigenvalue weighted by molar-refractivity contribution is 6.09. The number of hydrogen-bond acceptors (Lipinski definition) is 3. The number of nitrogens with zero attached hydrogens (tertiary/aromatic N) is 1. The average Bonchev–Trinajstić information content (AvgIpc) is 2.67. The van der Waals surface area contributed by atoms with Crippen LogP contribution in [0.25, 0.3) is 22.1 Å². The maximum absolute atomic E-state index is 11.0. The van der Waals surface area contributed by atoms with Crippen LogP contribution in [0.4, 0.5) is 0 Å². The lowest BCUT2D eigenvalue weighted by Crippen LogP contribution is -1.96. The number of hydrogen-bond donors (Lipinski definition) is 1. The number of fused-ring (bicyclic) bond motifs is 3. The highest BCUT2D eigenvalue weighted by atomic mass is 16.4. The lowest BCUT2D eigenvalue weighted by Gasteiger charge is -1.93. The number of carbonyl (C=O) groups is 1. The van der Waals surface area contributed by atoms with Gasteiger partial charge in [-0.15, -0.1) is 0 Å². The lowest BCUT2D eigenvalue weighted by atomic mass is 10.2. The molecule has 0 saturated carbocycles. The van der Waals surface area contributed by atoms with E-state index < -0.39 is 5.97 Å². The van der Waals surface area contributed by atoms with Gasteiger partial charge in [-0.25, -0.2) is 4.79 Å². The molecule has 4 nitrogen and oxygen atoms in total. The first kappa shape index (κ1) is 8.91. The molecular formula is C12H7NO3. The van der Waals surface area contributed by atoms with Gasteiger partial charge in [-0.3, -0.25) is 4.98 Å². The molecule has 1 N–H and O–H groups in total. The molecule has 0 spiro atoms. The van der Waals surface area contributed by atoms with Gasteiger partial charge in [-0.1, -0.05) is 12.1 Å². The summed E-state index contributed by atoms with van der Waals surface area (Å²) in [5.74, 6) is -1.01. The molecule has 0 bridgehead atoms. The number of para-hydroxylation sites is 1. The summed E-state index contributed by atoms with van der Waals surface area (Å²) < 4.78 is 5.50. The summed E-state index contributed by atoms with van der Waals surface area (Å²) in [4.78, 5) is 15.2. The zero-order valence-corrected chi connectivity index (χ0v) is 8.18. The van der Waals surface area contributed by atoms with Crippen molar-refractivity contribution in [2.75, 3.05) is 0 Å². The highest BCUT2D eigenvalue weighted by Gasteiger charge is 2.15. The summed E-state index contributed by atoms with van der Waals surface area (Å²) in [5, 5.41) is 9.85. The fourth-order valence-electron chi connectivity index (χ4n) is 1.77. The van der Waals surface area contributed by atoms with E-state index in [0.717, 1.165) is 5.39 Å². The minimum Gasteiger partial charge on any atom is -0.478 e. The predicted octanol–water partition coefficient (Wildman–Crippen LogP) is 2.68. The van der Waals surface area contributed by atoms with Gasteiger partial charge in [0, 0.05) is 11.6 Å². The van der Waals surface area contributed by atoms with E-state index in [-0.39, 0.29) is 5.56 Å². The quantitative estimate of drug-likeness (QED) is 0.675. The molecule has 0 aliphatic carbocycles. The summed E-state index contributed by atoms with van der Waals surface area (Å²) in [6.45, 7) is 0. The molecule has 0 aliphatic heterocycles. The Labute approximate surface area is 90.1 Å². The first-order chi connectivity index (χ1) is 7.77. The third-order valence-electron chi connectivity index (χ3n) is 2.49. The number of furan rings is 1. The molecule has 0 fully saturated rings. The number of aromatic carboxylic acids is 1. The monoisotopic (exact) mass is 213 g/mol. The maximum atomic E-state index is 11.0. The molecule has 0 atom stereocenters. The summed E-state index contributed by atoms with van der Waals surface area (Å²) in [5.41, 5.74) is 1.71. The van der Waals surface area contributed by atoms with Crippen molar-refractivity contribution in [2.24, 2.45) is 0 Å². The molecule has 16 heavy (non-hydrogen) atoms. The Hall–Kier alpha value is -2.36. The number of benzene rings is 1. The molecule has 0 unspecified atom stereocenters. The molecule has 3 rings (SSSR count). The van der Waals surface area contributed by atoms with Gasteiger partial charge in [0.1, 0.15) is 16.7 Å². The van der Waals surface area contributed by atoms with Gasteiger partial charge in [0.05, 0.1) is 0 Å². The Kier molecular flexibility index (Phi) is 1.71. The van der Waals surface area contributed by atoms with Crippen molar-refractivity contribution >= 4 is 28.0 Å². The summed E-state index contributed by atoms with van der Waals surface area (Å²) in [6.07, 6.45) is 1.48. The van der Waals surface area contributed by atoms with E-state index in [4.69, 9.17) is 9.52 Å². The van der Waals surface area contributed by atoms with E-state index in [1.807, 2.05) is 18.2 Å².